The summed E-state index contributed by atoms with van der Waals surface area (Å²) >= 11 is 0. The Morgan fingerprint density at radius 3 is 1.57 bits per heavy atom. The average molecular weight is 390 g/mol. The Morgan fingerprint density at radius 2 is 1.11 bits per heavy atom. The van der Waals surface area contributed by atoms with E-state index in [2.05, 4.69) is 12.4 Å². The molecule has 0 unspecified atom stereocenters. The number of carbonyl (C=O) groups excluding carboxylic acids is 1. The molecule has 0 aliphatic rings. The van der Waals surface area contributed by atoms with E-state index in [4.69, 9.17) is 4.84 Å². The second-order valence-corrected chi connectivity index (χ2v) is 7.95. The minimum Gasteiger partial charge on any atom is -0.273 e. The lowest BCUT2D eigenvalue weighted by Gasteiger charge is -2.06. The second kappa shape index (κ2) is 19.0. The van der Waals surface area contributed by atoms with Crippen molar-refractivity contribution in [2.75, 3.05) is 6.61 Å². The lowest BCUT2D eigenvalue weighted by atomic mass is 10.0. The van der Waals surface area contributed by atoms with Gasteiger partial charge in [-0.05, 0) is 18.6 Å². The molecule has 0 saturated heterocycles. The molecule has 1 amide bonds. The van der Waals surface area contributed by atoms with Gasteiger partial charge in [-0.25, -0.2) is 5.48 Å². The van der Waals surface area contributed by atoms with Gasteiger partial charge in [0.1, 0.15) is 0 Å². The molecule has 1 rings (SSSR count). The van der Waals surface area contributed by atoms with Crippen molar-refractivity contribution < 1.29 is 9.63 Å². The fourth-order valence-corrected chi connectivity index (χ4v) is 3.49. The van der Waals surface area contributed by atoms with Gasteiger partial charge in [-0.2, -0.15) is 0 Å². The van der Waals surface area contributed by atoms with E-state index in [1.54, 1.807) is 12.1 Å². The van der Waals surface area contributed by atoms with Crippen LogP contribution in [0.1, 0.15) is 120 Å². The first-order chi connectivity index (χ1) is 13.8. The van der Waals surface area contributed by atoms with Crippen LogP contribution in [0.25, 0.3) is 0 Å². The van der Waals surface area contributed by atoms with Crippen molar-refractivity contribution in [1.82, 2.24) is 5.48 Å². The Bertz CT molecular complexity index is 461. The monoisotopic (exact) mass is 389 g/mol. The molecule has 0 heterocycles. The number of amides is 1. The van der Waals surface area contributed by atoms with Gasteiger partial charge in [-0.15, -0.1) is 0 Å². The van der Waals surface area contributed by atoms with E-state index in [1.807, 2.05) is 18.2 Å². The Hall–Kier alpha value is -1.35. The Labute approximate surface area is 173 Å². The molecule has 28 heavy (non-hydrogen) atoms. The average Bonchev–Trinajstić information content (AvgIpc) is 2.73. The van der Waals surface area contributed by atoms with Gasteiger partial charge in [-0.1, -0.05) is 121 Å². The number of benzene rings is 1. The molecule has 0 aliphatic carbocycles. The van der Waals surface area contributed by atoms with Crippen LogP contribution in [0, 0.1) is 0 Å². The van der Waals surface area contributed by atoms with Crippen LogP contribution in [0.3, 0.4) is 0 Å². The van der Waals surface area contributed by atoms with Gasteiger partial charge in [0, 0.05) is 5.56 Å². The van der Waals surface area contributed by atoms with Crippen LogP contribution in [0.4, 0.5) is 0 Å². The third-order valence-electron chi connectivity index (χ3n) is 5.30. The molecule has 0 fully saturated rings. The van der Waals surface area contributed by atoms with Gasteiger partial charge in [0.15, 0.2) is 0 Å². The molecule has 0 aliphatic heterocycles. The lowest BCUT2D eigenvalue weighted by Crippen LogP contribution is -2.24. The quantitative estimate of drug-likeness (QED) is 0.195. The molecule has 0 spiro atoms. The predicted molar refractivity (Wildman–Crippen MR) is 119 cm³/mol. The van der Waals surface area contributed by atoms with Crippen molar-refractivity contribution in [2.24, 2.45) is 0 Å². The van der Waals surface area contributed by atoms with Crippen molar-refractivity contribution >= 4 is 5.91 Å². The van der Waals surface area contributed by atoms with Crippen molar-refractivity contribution in [3.63, 3.8) is 0 Å². The van der Waals surface area contributed by atoms with E-state index in [9.17, 15) is 4.79 Å². The summed E-state index contributed by atoms with van der Waals surface area (Å²) in [5.41, 5.74) is 3.15. The smallest absolute Gasteiger partial charge is 0.273 e. The van der Waals surface area contributed by atoms with Gasteiger partial charge in [-0.3, -0.25) is 9.63 Å². The summed E-state index contributed by atoms with van der Waals surface area (Å²) < 4.78 is 0. The van der Waals surface area contributed by atoms with Crippen LogP contribution in [-0.2, 0) is 4.84 Å². The van der Waals surface area contributed by atoms with Gasteiger partial charge >= 0.3 is 0 Å². The van der Waals surface area contributed by atoms with E-state index in [0.29, 0.717) is 12.2 Å². The molecule has 0 radical (unpaired) electrons. The maximum absolute atomic E-state index is 11.8. The summed E-state index contributed by atoms with van der Waals surface area (Å²) in [6.07, 6.45) is 21.8. The normalized spacial score (nSPS) is 10.9. The summed E-state index contributed by atoms with van der Waals surface area (Å²) in [5.74, 6) is -0.169. The molecule has 0 saturated carbocycles. The fourth-order valence-electron chi connectivity index (χ4n) is 3.49. The van der Waals surface area contributed by atoms with Gasteiger partial charge in [0.2, 0.25) is 0 Å². The van der Waals surface area contributed by atoms with Gasteiger partial charge in [0.05, 0.1) is 6.61 Å². The molecule has 1 N–H and O–H groups in total. The summed E-state index contributed by atoms with van der Waals surface area (Å²) in [5, 5.41) is 0. The van der Waals surface area contributed by atoms with Crippen molar-refractivity contribution in [3.8, 4) is 0 Å². The van der Waals surface area contributed by atoms with Gasteiger partial charge in [0.25, 0.3) is 5.91 Å². The summed E-state index contributed by atoms with van der Waals surface area (Å²) in [4.78, 5) is 17.0. The number of nitrogens with one attached hydrogen (secondary N) is 1. The standard InChI is InChI=1S/C25H43NO2/c1-2-3-4-5-6-7-8-9-10-11-12-13-14-15-16-20-23-28-26-25(27)24-21-18-17-19-22-24/h17-19,21-22H,2-16,20,23H2,1H3,(H,26,27). The van der Waals surface area contributed by atoms with Crippen LogP contribution in [0.5, 0.6) is 0 Å². The van der Waals surface area contributed by atoms with Crippen LogP contribution in [0.15, 0.2) is 30.3 Å². The van der Waals surface area contributed by atoms with Crippen LogP contribution in [0.2, 0.25) is 0 Å². The predicted octanol–water partition coefficient (Wildman–Crippen LogP) is 7.61. The molecule has 0 bridgehead atoms. The first-order valence-electron chi connectivity index (χ1n) is 11.8. The third kappa shape index (κ3) is 14.7. The largest absolute Gasteiger partial charge is 0.274 e. The van der Waals surface area contributed by atoms with E-state index in [-0.39, 0.29) is 5.91 Å². The summed E-state index contributed by atoms with van der Waals surface area (Å²) in [6, 6.07) is 9.17. The topological polar surface area (TPSA) is 38.3 Å². The SMILES string of the molecule is CCCCCCCCCCCCCCCCCCONC(=O)c1ccccc1. The van der Waals surface area contributed by atoms with E-state index >= 15 is 0 Å². The number of carbonyl (C=O) groups is 1. The van der Waals surface area contributed by atoms with E-state index in [0.717, 1.165) is 6.42 Å². The van der Waals surface area contributed by atoms with Crippen LogP contribution in [-0.4, -0.2) is 12.5 Å². The Balaban J connectivity index is 1.74. The minimum absolute atomic E-state index is 0.169. The number of hydrogen-bond acceptors (Lipinski definition) is 2. The highest BCUT2D eigenvalue weighted by molar-refractivity contribution is 5.93. The first kappa shape index (κ1) is 24.7. The number of hydrogen-bond donors (Lipinski definition) is 1. The molecule has 160 valence electrons. The zero-order valence-corrected chi connectivity index (χ0v) is 18.2. The summed E-state index contributed by atoms with van der Waals surface area (Å²) in [6.45, 7) is 2.88. The molecular formula is C25H43NO2. The molecule has 3 heteroatoms. The zero-order valence-electron chi connectivity index (χ0n) is 18.2. The molecule has 1 aromatic rings. The van der Waals surface area contributed by atoms with Crippen LogP contribution >= 0.6 is 0 Å². The summed E-state index contributed by atoms with van der Waals surface area (Å²) in [7, 11) is 0. The number of hydroxylamine groups is 1. The number of rotatable bonds is 19. The van der Waals surface area contributed by atoms with E-state index < -0.39 is 0 Å². The molecule has 0 atom stereocenters. The maximum Gasteiger partial charge on any atom is 0.274 e. The lowest BCUT2D eigenvalue weighted by molar-refractivity contribution is 0.0297. The molecular weight excluding hydrogens is 346 g/mol. The highest BCUT2D eigenvalue weighted by atomic mass is 16.6. The van der Waals surface area contributed by atoms with Crippen molar-refractivity contribution in [3.05, 3.63) is 35.9 Å². The zero-order chi connectivity index (χ0) is 20.1. The highest BCUT2D eigenvalue weighted by Crippen LogP contribution is 2.13. The van der Waals surface area contributed by atoms with E-state index in [1.165, 1.54) is 96.3 Å². The highest BCUT2D eigenvalue weighted by Gasteiger charge is 2.03. The fraction of sp³-hybridized carbons (Fsp3) is 0.720. The maximum atomic E-state index is 11.8. The Kier molecular flexibility index (Phi) is 16.7. The second-order valence-electron chi connectivity index (χ2n) is 7.95. The van der Waals surface area contributed by atoms with Crippen LogP contribution < -0.4 is 5.48 Å². The molecule has 0 aromatic heterocycles. The van der Waals surface area contributed by atoms with Gasteiger partial charge < -0.3 is 0 Å². The first-order valence-corrected chi connectivity index (χ1v) is 11.8. The molecule has 1 aromatic carbocycles. The Morgan fingerprint density at radius 1 is 0.679 bits per heavy atom. The molecule has 3 nitrogen and oxygen atoms in total. The van der Waals surface area contributed by atoms with Crippen molar-refractivity contribution in [2.45, 2.75) is 110 Å². The minimum atomic E-state index is -0.169. The third-order valence-corrected chi connectivity index (χ3v) is 5.30. The number of unbranched alkanes of at least 4 members (excludes halogenated alkanes) is 15. The van der Waals surface area contributed by atoms with Crippen molar-refractivity contribution in [1.29, 1.82) is 0 Å².